The van der Waals surface area contributed by atoms with E-state index in [0.717, 1.165) is 6.20 Å². The molecule has 2 aromatic heterocycles. The molecule has 1 aliphatic rings. The van der Waals surface area contributed by atoms with E-state index in [0.29, 0.717) is 19.4 Å². The monoisotopic (exact) mass is 406 g/mol. The first kappa shape index (κ1) is 20.9. The van der Waals surface area contributed by atoms with Crippen molar-refractivity contribution in [2.24, 2.45) is 4.99 Å². The SMILES string of the molecule is CCN(/C=N/c1nc(=O)c2nc(C=O)cnc2n1[C@@H]1O[C@H](CO)[C@@H](O)[C@H]1O)CC. The van der Waals surface area contributed by atoms with Gasteiger partial charge in [-0.25, -0.2) is 15.0 Å². The summed E-state index contributed by atoms with van der Waals surface area (Å²) in [6, 6.07) is 0. The van der Waals surface area contributed by atoms with Crippen molar-refractivity contribution < 1.29 is 24.9 Å². The average Bonchev–Trinajstić information content (AvgIpc) is 3.02. The summed E-state index contributed by atoms with van der Waals surface area (Å²) in [5.41, 5.74) is -1.07. The zero-order valence-corrected chi connectivity index (χ0v) is 15.9. The predicted molar refractivity (Wildman–Crippen MR) is 101 cm³/mol. The van der Waals surface area contributed by atoms with E-state index < -0.39 is 36.7 Å². The van der Waals surface area contributed by atoms with Gasteiger partial charge in [-0.15, -0.1) is 0 Å². The highest BCUT2D eigenvalue weighted by molar-refractivity contribution is 5.78. The molecule has 1 saturated heterocycles. The van der Waals surface area contributed by atoms with Crippen LogP contribution in [-0.4, -0.2) is 90.4 Å². The van der Waals surface area contributed by atoms with E-state index in [1.165, 1.54) is 10.9 Å². The number of aromatic nitrogens is 4. The number of aliphatic hydroxyl groups is 3. The van der Waals surface area contributed by atoms with E-state index in [2.05, 4.69) is 19.9 Å². The van der Waals surface area contributed by atoms with Crippen molar-refractivity contribution in [1.29, 1.82) is 0 Å². The van der Waals surface area contributed by atoms with Crippen LogP contribution in [0.1, 0.15) is 30.6 Å². The first-order chi connectivity index (χ1) is 13.9. The Bertz CT molecular complexity index is 975. The second-order valence-electron chi connectivity index (χ2n) is 6.37. The van der Waals surface area contributed by atoms with E-state index >= 15 is 0 Å². The number of fused-ring (bicyclic) bond motifs is 1. The predicted octanol–water partition coefficient (Wildman–Crippen LogP) is -1.39. The first-order valence-electron chi connectivity index (χ1n) is 9.10. The smallest absolute Gasteiger partial charge is 0.302 e. The van der Waals surface area contributed by atoms with Crippen LogP contribution in [0, 0.1) is 0 Å². The van der Waals surface area contributed by atoms with Crippen LogP contribution in [-0.2, 0) is 4.74 Å². The lowest BCUT2D eigenvalue weighted by Gasteiger charge is -2.21. The molecular formula is C17H22N6O6. The Balaban J connectivity index is 2.23. The maximum absolute atomic E-state index is 12.5. The Hall–Kier alpha value is -2.80. The number of hydrogen-bond donors (Lipinski definition) is 3. The number of aliphatic hydroxyl groups excluding tert-OH is 3. The summed E-state index contributed by atoms with van der Waals surface area (Å²) in [7, 11) is 0. The number of nitrogens with zero attached hydrogens (tertiary/aromatic N) is 6. The van der Waals surface area contributed by atoms with Gasteiger partial charge in [-0.2, -0.15) is 4.98 Å². The molecule has 0 aromatic carbocycles. The van der Waals surface area contributed by atoms with Gasteiger partial charge in [0.15, 0.2) is 23.7 Å². The fourth-order valence-corrected chi connectivity index (χ4v) is 3.00. The maximum atomic E-state index is 12.5. The van der Waals surface area contributed by atoms with Crippen LogP contribution in [0.3, 0.4) is 0 Å². The number of hydrogen-bond acceptors (Lipinski definition) is 10. The molecular weight excluding hydrogens is 384 g/mol. The lowest BCUT2D eigenvalue weighted by molar-refractivity contribution is -0.0506. The molecule has 3 rings (SSSR count). The summed E-state index contributed by atoms with van der Waals surface area (Å²) in [6.45, 7) is 4.64. The minimum atomic E-state index is -1.45. The van der Waals surface area contributed by atoms with Gasteiger partial charge in [-0.05, 0) is 13.8 Å². The molecule has 3 N–H and O–H groups in total. The van der Waals surface area contributed by atoms with E-state index in [1.807, 2.05) is 18.7 Å². The second kappa shape index (κ2) is 8.69. The van der Waals surface area contributed by atoms with Gasteiger partial charge in [0.05, 0.1) is 19.1 Å². The molecule has 0 unspecified atom stereocenters. The number of aliphatic imine (C=N–C) groups is 1. The highest BCUT2D eigenvalue weighted by Gasteiger charge is 2.44. The number of rotatable bonds is 7. The third-order valence-corrected chi connectivity index (χ3v) is 4.66. The average molecular weight is 406 g/mol. The van der Waals surface area contributed by atoms with Gasteiger partial charge < -0.3 is 25.0 Å². The van der Waals surface area contributed by atoms with Crippen LogP contribution in [0.2, 0.25) is 0 Å². The van der Waals surface area contributed by atoms with Crippen LogP contribution < -0.4 is 5.56 Å². The summed E-state index contributed by atoms with van der Waals surface area (Å²) < 4.78 is 6.80. The Morgan fingerprint density at radius 2 is 2.00 bits per heavy atom. The zero-order chi connectivity index (χ0) is 21.1. The molecule has 29 heavy (non-hydrogen) atoms. The lowest BCUT2D eigenvalue weighted by atomic mass is 10.1. The van der Waals surface area contributed by atoms with Crippen molar-refractivity contribution in [3.63, 3.8) is 0 Å². The highest BCUT2D eigenvalue weighted by Crippen LogP contribution is 2.33. The van der Waals surface area contributed by atoms with E-state index in [9.17, 15) is 24.9 Å². The summed E-state index contributed by atoms with van der Waals surface area (Å²) >= 11 is 0. The third-order valence-electron chi connectivity index (χ3n) is 4.66. The highest BCUT2D eigenvalue weighted by atomic mass is 16.6. The minimum Gasteiger partial charge on any atom is -0.394 e. The number of carbonyl (C=O) groups excluding carboxylic acids is 1. The molecule has 3 heterocycles. The quantitative estimate of drug-likeness (QED) is 0.283. The van der Waals surface area contributed by atoms with Crippen molar-refractivity contribution in [1.82, 2.24) is 24.4 Å². The molecule has 1 aliphatic heterocycles. The molecule has 0 amide bonds. The van der Waals surface area contributed by atoms with Crippen molar-refractivity contribution in [2.45, 2.75) is 38.4 Å². The zero-order valence-electron chi connectivity index (χ0n) is 15.9. The van der Waals surface area contributed by atoms with Crippen molar-refractivity contribution in [3.05, 3.63) is 22.2 Å². The molecule has 156 valence electrons. The Morgan fingerprint density at radius 1 is 1.28 bits per heavy atom. The molecule has 12 heteroatoms. The molecule has 0 bridgehead atoms. The van der Waals surface area contributed by atoms with Gasteiger partial charge in [0.1, 0.15) is 24.0 Å². The molecule has 4 atom stereocenters. The summed E-state index contributed by atoms with van der Waals surface area (Å²) in [5, 5.41) is 30.0. The van der Waals surface area contributed by atoms with Gasteiger partial charge in [0.2, 0.25) is 5.95 Å². The number of carbonyl (C=O) groups is 1. The van der Waals surface area contributed by atoms with Crippen LogP contribution in [0.4, 0.5) is 5.95 Å². The largest absolute Gasteiger partial charge is 0.394 e. The van der Waals surface area contributed by atoms with Crippen molar-refractivity contribution in [2.75, 3.05) is 19.7 Å². The third kappa shape index (κ3) is 3.87. The Labute approximate surface area is 165 Å². The molecule has 1 fully saturated rings. The molecule has 2 aromatic rings. The normalized spacial score (nSPS) is 24.4. The fourth-order valence-electron chi connectivity index (χ4n) is 3.00. The second-order valence-corrected chi connectivity index (χ2v) is 6.37. The molecule has 12 nitrogen and oxygen atoms in total. The van der Waals surface area contributed by atoms with Crippen LogP contribution in [0.15, 0.2) is 16.0 Å². The fraction of sp³-hybridized carbons (Fsp3) is 0.529. The van der Waals surface area contributed by atoms with Gasteiger partial charge >= 0.3 is 5.56 Å². The van der Waals surface area contributed by atoms with Crippen LogP contribution in [0.25, 0.3) is 11.2 Å². The van der Waals surface area contributed by atoms with Gasteiger partial charge in [0, 0.05) is 13.1 Å². The van der Waals surface area contributed by atoms with E-state index in [4.69, 9.17) is 4.74 Å². The maximum Gasteiger partial charge on any atom is 0.302 e. The topological polar surface area (TPSA) is 163 Å². The standard InChI is InChI=1S/C17H22N6O6/c1-3-22(4-2)8-19-17-21-15(28)11-14(18-5-9(6-24)20-11)23(17)16-13(27)12(26)10(7-25)29-16/h5-6,8,10,12-13,16,25-27H,3-4,7H2,1-2H3/b19-8+/t10-,12-,13-,16-/m1/s1. The van der Waals surface area contributed by atoms with E-state index in [-0.39, 0.29) is 22.8 Å². The molecule has 0 radical (unpaired) electrons. The van der Waals surface area contributed by atoms with Crippen LogP contribution in [0.5, 0.6) is 0 Å². The van der Waals surface area contributed by atoms with E-state index in [1.54, 1.807) is 0 Å². The summed E-state index contributed by atoms with van der Waals surface area (Å²) in [4.78, 5) is 41.5. The Morgan fingerprint density at radius 3 is 2.59 bits per heavy atom. The first-order valence-corrected chi connectivity index (χ1v) is 9.10. The number of aldehydes is 1. The molecule has 0 spiro atoms. The molecule has 0 saturated carbocycles. The summed E-state index contributed by atoms with van der Waals surface area (Å²) in [5.74, 6) is -0.127. The number of ether oxygens (including phenoxy) is 1. The van der Waals surface area contributed by atoms with Gasteiger partial charge in [-0.1, -0.05) is 0 Å². The lowest BCUT2D eigenvalue weighted by Crippen LogP contribution is -2.33. The van der Waals surface area contributed by atoms with Crippen LogP contribution >= 0.6 is 0 Å². The van der Waals surface area contributed by atoms with Gasteiger partial charge in [-0.3, -0.25) is 14.2 Å². The van der Waals surface area contributed by atoms with Crippen molar-refractivity contribution in [3.8, 4) is 0 Å². The summed E-state index contributed by atoms with van der Waals surface area (Å²) in [6.07, 6.45) is -2.03. The van der Waals surface area contributed by atoms with Crippen molar-refractivity contribution >= 4 is 29.7 Å². The molecule has 0 aliphatic carbocycles. The van der Waals surface area contributed by atoms with Gasteiger partial charge in [0.25, 0.3) is 0 Å². The Kier molecular flexibility index (Phi) is 6.27. The minimum absolute atomic E-state index is 0.0304.